The van der Waals surface area contributed by atoms with Gasteiger partial charge in [-0.15, -0.1) is 6.42 Å². The molecule has 2 aromatic carbocycles. The summed E-state index contributed by atoms with van der Waals surface area (Å²) in [6, 6.07) is 14.5. The first-order valence-corrected chi connectivity index (χ1v) is 9.30. The van der Waals surface area contributed by atoms with Gasteiger partial charge in [-0.1, -0.05) is 52.6 Å². The van der Waals surface area contributed by atoms with Crippen LogP contribution in [0.1, 0.15) is 29.2 Å². The van der Waals surface area contributed by atoms with Crippen LogP contribution in [-0.4, -0.2) is 38.7 Å². The maximum atomic E-state index is 12.1. The minimum Gasteiger partial charge on any atom is -0.503 e. The SMILES string of the molecule is C#Cc1ccc(C(=N/OC)/C(C)=N/OCc2ccccc2/C(=C/OC)C(=O)OC)cc1. The number of carbonyl (C=O) groups excluding carboxylic acids is 1. The highest BCUT2D eigenvalue weighted by atomic mass is 16.6. The highest BCUT2D eigenvalue weighted by Gasteiger charge is 2.17. The molecule has 0 fully saturated rings. The Bertz CT molecular complexity index is 1030. The first kappa shape index (κ1) is 23.2. The van der Waals surface area contributed by atoms with Gasteiger partial charge in [-0.3, -0.25) is 0 Å². The van der Waals surface area contributed by atoms with Crippen LogP contribution in [-0.2, 0) is 30.6 Å². The second-order valence-corrected chi connectivity index (χ2v) is 6.21. The molecule has 0 amide bonds. The van der Waals surface area contributed by atoms with Gasteiger partial charge in [0.2, 0.25) is 0 Å². The molecule has 0 saturated carbocycles. The largest absolute Gasteiger partial charge is 0.503 e. The predicted octanol–water partition coefficient (Wildman–Crippen LogP) is 3.77. The van der Waals surface area contributed by atoms with Crippen molar-refractivity contribution in [1.82, 2.24) is 0 Å². The summed E-state index contributed by atoms with van der Waals surface area (Å²) in [4.78, 5) is 22.6. The summed E-state index contributed by atoms with van der Waals surface area (Å²) in [5.74, 6) is 2.05. The van der Waals surface area contributed by atoms with Crippen LogP contribution < -0.4 is 0 Å². The molecule has 0 aliphatic heterocycles. The summed E-state index contributed by atoms with van der Waals surface area (Å²) in [6.07, 6.45) is 6.74. The molecule has 160 valence electrons. The minimum atomic E-state index is -0.515. The molecule has 0 radical (unpaired) electrons. The highest BCUT2D eigenvalue weighted by Crippen LogP contribution is 2.22. The van der Waals surface area contributed by atoms with Crippen molar-refractivity contribution in [3.8, 4) is 12.3 Å². The third-order valence-corrected chi connectivity index (χ3v) is 4.22. The molecule has 0 saturated heterocycles. The predicted molar refractivity (Wildman–Crippen MR) is 119 cm³/mol. The van der Waals surface area contributed by atoms with E-state index < -0.39 is 5.97 Å². The Morgan fingerprint density at radius 3 is 2.39 bits per heavy atom. The van der Waals surface area contributed by atoms with E-state index in [-0.39, 0.29) is 12.2 Å². The van der Waals surface area contributed by atoms with E-state index in [0.29, 0.717) is 17.0 Å². The van der Waals surface area contributed by atoms with Gasteiger partial charge in [0, 0.05) is 16.7 Å². The van der Waals surface area contributed by atoms with Crippen molar-refractivity contribution >= 4 is 23.0 Å². The Morgan fingerprint density at radius 1 is 1.06 bits per heavy atom. The maximum absolute atomic E-state index is 12.1. The molecule has 31 heavy (non-hydrogen) atoms. The zero-order valence-electron chi connectivity index (χ0n) is 17.9. The minimum absolute atomic E-state index is 0.113. The summed E-state index contributed by atoms with van der Waals surface area (Å²) in [7, 11) is 4.23. The summed E-state index contributed by atoms with van der Waals surface area (Å²) in [6.45, 7) is 1.87. The van der Waals surface area contributed by atoms with E-state index >= 15 is 0 Å². The van der Waals surface area contributed by atoms with Crippen molar-refractivity contribution in [3.05, 3.63) is 77.0 Å². The molecular weight excluding hydrogens is 396 g/mol. The van der Waals surface area contributed by atoms with Crippen LogP contribution >= 0.6 is 0 Å². The average molecular weight is 420 g/mol. The van der Waals surface area contributed by atoms with E-state index in [2.05, 4.69) is 16.2 Å². The third kappa shape index (κ3) is 6.21. The first-order chi connectivity index (χ1) is 15.0. The highest BCUT2D eigenvalue weighted by molar-refractivity contribution is 6.47. The number of terminal acetylenes is 1. The van der Waals surface area contributed by atoms with E-state index in [1.54, 1.807) is 25.1 Å². The zero-order chi connectivity index (χ0) is 22.6. The molecule has 0 unspecified atom stereocenters. The Balaban J connectivity index is 2.24. The lowest BCUT2D eigenvalue weighted by molar-refractivity contribution is -0.133. The van der Waals surface area contributed by atoms with Gasteiger partial charge in [-0.25, -0.2) is 4.79 Å². The molecule has 0 aliphatic carbocycles. The van der Waals surface area contributed by atoms with E-state index in [9.17, 15) is 4.79 Å². The van der Waals surface area contributed by atoms with Crippen molar-refractivity contribution in [2.75, 3.05) is 21.3 Å². The molecule has 2 rings (SSSR count). The van der Waals surface area contributed by atoms with Gasteiger partial charge in [0.05, 0.1) is 20.5 Å². The number of oxime groups is 2. The summed E-state index contributed by atoms with van der Waals surface area (Å²) in [5.41, 5.74) is 4.19. The van der Waals surface area contributed by atoms with Gasteiger partial charge in [0.1, 0.15) is 30.7 Å². The van der Waals surface area contributed by atoms with Gasteiger partial charge in [0.25, 0.3) is 0 Å². The lowest BCUT2D eigenvalue weighted by atomic mass is 10.0. The summed E-state index contributed by atoms with van der Waals surface area (Å²) < 4.78 is 9.87. The van der Waals surface area contributed by atoms with Crippen molar-refractivity contribution in [1.29, 1.82) is 0 Å². The summed E-state index contributed by atoms with van der Waals surface area (Å²) >= 11 is 0. The molecular formula is C24H24N2O5. The van der Waals surface area contributed by atoms with Crippen LogP contribution in [0.2, 0.25) is 0 Å². The van der Waals surface area contributed by atoms with E-state index in [1.165, 1.54) is 27.6 Å². The van der Waals surface area contributed by atoms with Crippen LogP contribution in [0.15, 0.2) is 65.1 Å². The second-order valence-electron chi connectivity index (χ2n) is 6.21. The topological polar surface area (TPSA) is 78.7 Å². The van der Waals surface area contributed by atoms with Gasteiger partial charge in [-0.05, 0) is 24.6 Å². The molecule has 0 atom stereocenters. The number of hydrogen-bond donors (Lipinski definition) is 0. The Hall–Kier alpha value is -4.05. The van der Waals surface area contributed by atoms with Crippen molar-refractivity contribution in [2.45, 2.75) is 13.5 Å². The Labute approximate surface area is 181 Å². The number of nitrogens with zero attached hydrogens (tertiary/aromatic N) is 2. The Morgan fingerprint density at radius 2 is 1.77 bits per heavy atom. The molecule has 0 spiro atoms. The fraction of sp³-hybridized carbons (Fsp3) is 0.208. The normalized spacial score (nSPS) is 12.0. The molecule has 7 nitrogen and oxygen atoms in total. The molecule has 0 heterocycles. The number of benzene rings is 2. The third-order valence-electron chi connectivity index (χ3n) is 4.22. The maximum Gasteiger partial charge on any atom is 0.341 e. The van der Waals surface area contributed by atoms with Gasteiger partial charge in [-0.2, -0.15) is 0 Å². The van der Waals surface area contributed by atoms with E-state index in [0.717, 1.165) is 16.7 Å². The van der Waals surface area contributed by atoms with Gasteiger partial charge < -0.3 is 19.1 Å². The molecule has 0 aromatic heterocycles. The Kier molecular flexibility index (Phi) is 8.87. The lowest BCUT2D eigenvalue weighted by Gasteiger charge is -2.11. The number of hydrogen-bond acceptors (Lipinski definition) is 7. The summed E-state index contributed by atoms with van der Waals surface area (Å²) in [5, 5.41) is 8.21. The standard InChI is InChI=1S/C24H24N2O5/c1-6-18-11-13-19(14-12-18)23(26-30-5)17(2)25-31-15-20-9-7-8-10-21(20)22(16-28-3)24(27)29-4/h1,7-14,16H,15H2,2-5H3/b22-16-,25-17+,26-23+. The van der Waals surface area contributed by atoms with E-state index in [4.69, 9.17) is 25.6 Å². The zero-order valence-corrected chi connectivity index (χ0v) is 17.9. The molecule has 0 bridgehead atoms. The number of ether oxygens (including phenoxy) is 2. The quantitative estimate of drug-likeness (QED) is 0.154. The average Bonchev–Trinajstić information content (AvgIpc) is 2.81. The smallest absolute Gasteiger partial charge is 0.341 e. The van der Waals surface area contributed by atoms with Crippen LogP contribution in [0.25, 0.3) is 5.57 Å². The van der Waals surface area contributed by atoms with Crippen LogP contribution in [0, 0.1) is 12.3 Å². The fourth-order valence-corrected chi connectivity index (χ4v) is 2.74. The van der Waals surface area contributed by atoms with Crippen molar-refractivity contribution in [3.63, 3.8) is 0 Å². The van der Waals surface area contributed by atoms with Crippen molar-refractivity contribution in [2.24, 2.45) is 10.3 Å². The van der Waals surface area contributed by atoms with Crippen LogP contribution in [0.4, 0.5) is 0 Å². The number of esters is 1. The molecule has 7 heteroatoms. The molecule has 0 N–H and O–H groups in total. The second kappa shape index (κ2) is 11.8. The van der Waals surface area contributed by atoms with Crippen molar-refractivity contribution < 1.29 is 23.9 Å². The lowest BCUT2D eigenvalue weighted by Crippen LogP contribution is -2.13. The first-order valence-electron chi connectivity index (χ1n) is 9.30. The fourth-order valence-electron chi connectivity index (χ4n) is 2.74. The van der Waals surface area contributed by atoms with E-state index in [1.807, 2.05) is 30.3 Å². The van der Waals surface area contributed by atoms with Gasteiger partial charge >= 0.3 is 5.97 Å². The monoisotopic (exact) mass is 420 g/mol. The number of rotatable bonds is 9. The number of carbonyl (C=O) groups is 1. The van der Waals surface area contributed by atoms with Gasteiger partial charge in [0.15, 0.2) is 0 Å². The molecule has 0 aliphatic rings. The molecule has 2 aromatic rings. The van der Waals surface area contributed by atoms with Crippen LogP contribution in [0.5, 0.6) is 0 Å². The number of methoxy groups -OCH3 is 2. The van der Waals surface area contributed by atoms with Crippen LogP contribution in [0.3, 0.4) is 0 Å².